The van der Waals surface area contributed by atoms with Gasteiger partial charge in [0.2, 0.25) is 5.91 Å². The van der Waals surface area contributed by atoms with Crippen molar-refractivity contribution in [3.05, 3.63) is 72.6 Å². The fourth-order valence-corrected chi connectivity index (χ4v) is 4.56. The highest BCUT2D eigenvalue weighted by molar-refractivity contribution is 7.99. The number of rotatable bonds is 9. The van der Waals surface area contributed by atoms with Crippen LogP contribution < -0.4 is 10.1 Å². The molecule has 0 atom stereocenters. The molecule has 1 N–H and O–H groups in total. The number of hydrogen-bond donors (Lipinski definition) is 1. The predicted octanol–water partition coefficient (Wildman–Crippen LogP) is 4.99. The number of carbonyl (C=O) groups excluding carboxylic acids is 1. The normalized spacial score (nSPS) is 10.7. The van der Waals surface area contributed by atoms with E-state index >= 15 is 0 Å². The summed E-state index contributed by atoms with van der Waals surface area (Å²) in [5.41, 5.74) is 2.68. The number of benzene rings is 2. The van der Waals surface area contributed by atoms with E-state index in [0.717, 1.165) is 16.8 Å². The largest absolute Gasteiger partial charge is 0.496 e. The summed E-state index contributed by atoms with van der Waals surface area (Å²) in [5.74, 6) is 1.40. The van der Waals surface area contributed by atoms with Crippen LogP contribution in [0.4, 0.5) is 5.13 Å². The van der Waals surface area contributed by atoms with Crippen LogP contribution in [0.2, 0.25) is 0 Å². The van der Waals surface area contributed by atoms with Crippen molar-refractivity contribution in [2.45, 2.75) is 11.7 Å². The number of nitrogens with zero attached hydrogens (tertiary/aromatic N) is 4. The number of aromatic nitrogens is 4. The van der Waals surface area contributed by atoms with E-state index in [1.807, 2.05) is 64.5 Å². The Morgan fingerprint density at radius 3 is 2.75 bits per heavy atom. The molecule has 2 aromatic carbocycles. The molecule has 2 heterocycles. The van der Waals surface area contributed by atoms with Gasteiger partial charge in [-0.25, -0.2) is 4.98 Å². The van der Waals surface area contributed by atoms with Crippen molar-refractivity contribution in [3.8, 4) is 28.4 Å². The molecule has 4 rings (SSSR count). The van der Waals surface area contributed by atoms with Crippen LogP contribution in [-0.4, -0.2) is 38.5 Å². The van der Waals surface area contributed by atoms with Crippen LogP contribution in [0.3, 0.4) is 0 Å². The Morgan fingerprint density at radius 2 is 1.97 bits per heavy atom. The van der Waals surface area contributed by atoms with Crippen molar-refractivity contribution in [3.63, 3.8) is 0 Å². The first-order valence-electron chi connectivity index (χ1n) is 9.80. The standard InChI is InChI=1S/C23H21N5O2S2/c1-3-13-28-21(17-11-7-8-12-19(17)30-2)26-27-23(28)32-15-20(29)25-22-24-18(14-31-22)16-9-5-4-6-10-16/h3-12,14H,1,13,15H2,2H3,(H,24,25,29). The summed E-state index contributed by atoms with van der Waals surface area (Å²) in [7, 11) is 1.62. The van der Waals surface area contributed by atoms with E-state index in [2.05, 4.69) is 27.1 Å². The van der Waals surface area contributed by atoms with E-state index in [1.165, 1.54) is 23.1 Å². The summed E-state index contributed by atoms with van der Waals surface area (Å²) in [4.78, 5) is 17.0. The Bertz CT molecular complexity index is 1220. The molecule has 0 aliphatic heterocycles. The van der Waals surface area contributed by atoms with E-state index in [9.17, 15) is 4.79 Å². The minimum Gasteiger partial charge on any atom is -0.496 e. The van der Waals surface area contributed by atoms with Gasteiger partial charge in [-0.2, -0.15) is 0 Å². The summed E-state index contributed by atoms with van der Waals surface area (Å²) in [6.45, 7) is 4.34. The van der Waals surface area contributed by atoms with Gasteiger partial charge in [-0.05, 0) is 12.1 Å². The van der Waals surface area contributed by atoms with Crippen LogP contribution in [0.15, 0.2) is 77.8 Å². The Balaban J connectivity index is 1.45. The molecule has 0 unspecified atom stereocenters. The lowest BCUT2D eigenvalue weighted by Crippen LogP contribution is -2.14. The van der Waals surface area contributed by atoms with Crippen LogP contribution in [0.1, 0.15) is 0 Å². The Kier molecular flexibility index (Phi) is 6.98. The van der Waals surface area contributed by atoms with E-state index < -0.39 is 0 Å². The fraction of sp³-hybridized carbons (Fsp3) is 0.130. The first-order chi connectivity index (χ1) is 15.7. The van der Waals surface area contributed by atoms with Crippen molar-refractivity contribution in [1.29, 1.82) is 0 Å². The maximum atomic E-state index is 12.5. The minimum atomic E-state index is -0.157. The molecule has 4 aromatic rings. The van der Waals surface area contributed by atoms with Gasteiger partial charge in [0.15, 0.2) is 16.1 Å². The van der Waals surface area contributed by atoms with Crippen LogP contribution in [-0.2, 0) is 11.3 Å². The number of para-hydroxylation sites is 1. The van der Waals surface area contributed by atoms with E-state index in [1.54, 1.807) is 13.2 Å². The van der Waals surface area contributed by atoms with E-state index in [-0.39, 0.29) is 11.7 Å². The maximum Gasteiger partial charge on any atom is 0.236 e. The first-order valence-corrected chi connectivity index (χ1v) is 11.7. The molecule has 2 aromatic heterocycles. The predicted molar refractivity (Wildman–Crippen MR) is 129 cm³/mol. The third-order valence-electron chi connectivity index (χ3n) is 4.53. The summed E-state index contributed by atoms with van der Waals surface area (Å²) < 4.78 is 7.37. The van der Waals surface area contributed by atoms with Gasteiger partial charge in [-0.15, -0.1) is 28.1 Å². The van der Waals surface area contributed by atoms with Crippen molar-refractivity contribution in [2.24, 2.45) is 0 Å². The van der Waals surface area contributed by atoms with Gasteiger partial charge in [0, 0.05) is 17.5 Å². The van der Waals surface area contributed by atoms with Crippen molar-refractivity contribution in [1.82, 2.24) is 19.7 Å². The van der Waals surface area contributed by atoms with Crippen LogP contribution in [0.25, 0.3) is 22.6 Å². The molecule has 9 heteroatoms. The number of thiazole rings is 1. The van der Waals surface area contributed by atoms with Gasteiger partial charge >= 0.3 is 0 Å². The number of amides is 1. The Hall–Kier alpha value is -3.43. The smallest absolute Gasteiger partial charge is 0.236 e. The second-order valence-electron chi connectivity index (χ2n) is 6.65. The average molecular weight is 464 g/mol. The SMILES string of the molecule is C=CCn1c(SCC(=O)Nc2nc(-c3ccccc3)cs2)nnc1-c1ccccc1OC. The molecular weight excluding hydrogens is 442 g/mol. The highest BCUT2D eigenvalue weighted by Crippen LogP contribution is 2.31. The minimum absolute atomic E-state index is 0.157. The topological polar surface area (TPSA) is 81.9 Å². The zero-order valence-corrected chi connectivity index (χ0v) is 19.0. The van der Waals surface area contributed by atoms with Gasteiger partial charge in [0.05, 0.1) is 24.1 Å². The molecule has 1 amide bonds. The number of methoxy groups -OCH3 is 1. The molecule has 0 aliphatic carbocycles. The molecule has 0 radical (unpaired) electrons. The number of thioether (sulfide) groups is 1. The molecule has 0 spiro atoms. The summed E-state index contributed by atoms with van der Waals surface area (Å²) in [6.07, 6.45) is 1.77. The molecule has 32 heavy (non-hydrogen) atoms. The summed E-state index contributed by atoms with van der Waals surface area (Å²) >= 11 is 2.71. The lowest BCUT2D eigenvalue weighted by atomic mass is 10.2. The van der Waals surface area contributed by atoms with Crippen LogP contribution in [0.5, 0.6) is 5.75 Å². The van der Waals surface area contributed by atoms with Gasteiger partial charge in [0.1, 0.15) is 5.75 Å². The molecule has 0 aliphatic rings. The summed E-state index contributed by atoms with van der Waals surface area (Å²) in [5, 5.41) is 14.6. The Morgan fingerprint density at radius 1 is 1.19 bits per heavy atom. The maximum absolute atomic E-state index is 12.5. The molecule has 162 valence electrons. The second-order valence-corrected chi connectivity index (χ2v) is 8.45. The number of nitrogens with one attached hydrogen (secondary N) is 1. The van der Waals surface area contributed by atoms with E-state index in [0.29, 0.717) is 28.4 Å². The first kappa shape index (κ1) is 21.8. The van der Waals surface area contributed by atoms with E-state index in [4.69, 9.17) is 4.74 Å². The number of carbonyl (C=O) groups is 1. The average Bonchev–Trinajstić information content (AvgIpc) is 3.45. The third-order valence-corrected chi connectivity index (χ3v) is 6.25. The quantitative estimate of drug-likeness (QED) is 0.278. The molecule has 0 bridgehead atoms. The monoisotopic (exact) mass is 463 g/mol. The van der Waals surface area contributed by atoms with Gasteiger partial charge in [0.25, 0.3) is 0 Å². The second kappa shape index (κ2) is 10.3. The number of allylic oxidation sites excluding steroid dienone is 1. The molecule has 0 fully saturated rings. The van der Waals surface area contributed by atoms with Crippen LogP contribution >= 0.6 is 23.1 Å². The highest BCUT2D eigenvalue weighted by atomic mass is 32.2. The zero-order valence-electron chi connectivity index (χ0n) is 17.4. The molecule has 7 nitrogen and oxygen atoms in total. The lowest BCUT2D eigenvalue weighted by Gasteiger charge is -2.10. The number of anilines is 1. The zero-order chi connectivity index (χ0) is 22.3. The Labute approximate surface area is 194 Å². The molecule has 0 saturated heterocycles. The van der Waals surface area contributed by atoms with Crippen LogP contribution in [0, 0.1) is 0 Å². The third kappa shape index (κ3) is 4.90. The summed E-state index contributed by atoms with van der Waals surface area (Å²) in [6, 6.07) is 17.5. The molecular formula is C23H21N5O2S2. The van der Waals surface area contributed by atoms with Gasteiger partial charge in [-0.3, -0.25) is 9.36 Å². The molecule has 0 saturated carbocycles. The highest BCUT2D eigenvalue weighted by Gasteiger charge is 2.18. The van der Waals surface area contributed by atoms with Gasteiger partial charge < -0.3 is 10.1 Å². The number of ether oxygens (including phenoxy) is 1. The van der Waals surface area contributed by atoms with Gasteiger partial charge in [-0.1, -0.05) is 60.3 Å². The number of hydrogen-bond acceptors (Lipinski definition) is 7. The van der Waals surface area contributed by atoms with Crippen molar-refractivity contribution >= 4 is 34.1 Å². The van der Waals surface area contributed by atoms with Crippen molar-refractivity contribution < 1.29 is 9.53 Å². The fourth-order valence-electron chi connectivity index (χ4n) is 3.08. The van der Waals surface area contributed by atoms with Crippen molar-refractivity contribution in [2.75, 3.05) is 18.2 Å². The lowest BCUT2D eigenvalue weighted by molar-refractivity contribution is -0.113.